The van der Waals surface area contributed by atoms with E-state index in [1.807, 2.05) is 0 Å². The van der Waals surface area contributed by atoms with Crippen molar-refractivity contribution in [2.45, 2.75) is 0 Å². The summed E-state index contributed by atoms with van der Waals surface area (Å²) in [5.41, 5.74) is 0. The number of nitrogens with zero attached hydrogens (tertiary/aromatic N) is 8. The van der Waals surface area contributed by atoms with Gasteiger partial charge in [0.15, 0.2) is 0 Å². The maximum atomic E-state index is 4.21. The highest BCUT2D eigenvalue weighted by Crippen LogP contribution is 2.23. The largest absolute Gasteiger partial charge is 0.325 e. The normalized spacial score (nSPS) is 12.0. The molecule has 4 N–H and O–H groups in total. The van der Waals surface area contributed by atoms with E-state index in [4.69, 9.17) is 0 Å². The van der Waals surface area contributed by atoms with Crippen LogP contribution in [0.2, 0.25) is 0 Å². The number of hydrogen-bond donors (Lipinski definition) is 4. The van der Waals surface area contributed by atoms with Crippen LogP contribution in [0.3, 0.4) is 0 Å². The Labute approximate surface area is 158 Å². The second kappa shape index (κ2) is 6.68. The van der Waals surface area contributed by atoms with E-state index in [1.54, 1.807) is 24.3 Å². The summed E-state index contributed by atoms with van der Waals surface area (Å²) in [6.07, 6.45) is 5.75. The topological polar surface area (TPSA) is 151 Å². The molecule has 8 bridgehead atoms. The quantitative estimate of drug-likeness (QED) is 0.315. The van der Waals surface area contributed by atoms with Crippen molar-refractivity contribution in [3.63, 3.8) is 0 Å². The summed E-state index contributed by atoms with van der Waals surface area (Å²) < 4.78 is 0. The van der Waals surface area contributed by atoms with Gasteiger partial charge < -0.3 is 21.3 Å². The highest BCUT2D eigenvalue weighted by Gasteiger charge is 2.08. The van der Waals surface area contributed by atoms with E-state index >= 15 is 0 Å². The van der Waals surface area contributed by atoms with E-state index in [2.05, 4.69) is 61.1 Å². The van der Waals surface area contributed by atoms with Crippen LogP contribution in [-0.2, 0) is 0 Å². The van der Waals surface area contributed by atoms with E-state index in [9.17, 15) is 0 Å². The minimum atomic E-state index is 0.561. The fraction of sp³-hybridized carbons (Fsp3) is 0. The Bertz CT molecular complexity index is 897. The molecule has 12 heteroatoms. The lowest BCUT2D eigenvalue weighted by atomic mass is 10.4. The van der Waals surface area contributed by atoms with Gasteiger partial charge in [-0.15, -0.1) is 0 Å². The highest BCUT2D eigenvalue weighted by atomic mass is 15.2. The minimum absolute atomic E-state index is 0.561. The van der Waals surface area contributed by atoms with Crippen molar-refractivity contribution in [1.29, 1.82) is 0 Å². The van der Waals surface area contributed by atoms with Gasteiger partial charge in [-0.25, -0.2) is 39.9 Å². The van der Waals surface area contributed by atoms with Gasteiger partial charge in [-0.3, -0.25) is 0 Å². The van der Waals surface area contributed by atoms with E-state index in [-0.39, 0.29) is 0 Å². The maximum absolute atomic E-state index is 4.21. The molecule has 136 valence electrons. The maximum Gasteiger partial charge on any atom is 0.137 e. The molecule has 0 aromatic carbocycles. The van der Waals surface area contributed by atoms with Crippen molar-refractivity contribution in [3.05, 3.63) is 49.6 Å². The molecule has 28 heavy (non-hydrogen) atoms. The van der Waals surface area contributed by atoms with Crippen LogP contribution in [0.1, 0.15) is 0 Å². The Kier molecular flexibility index (Phi) is 3.76. The summed E-state index contributed by atoms with van der Waals surface area (Å²) in [6, 6.07) is 6.95. The standard InChI is InChI=1S/C16H12N12/c1-9-17-5-18-10(1)26-12-3-14(22-7-20-12)28-16-4-15(23-8-24-16)27-13-2-11(25-9)19-6-21-13/h1-8H,(H4,17,18,19,20,21,22,23,24,25,26,27,28). The van der Waals surface area contributed by atoms with Crippen LogP contribution in [-0.4, -0.2) is 39.9 Å². The number of nitrogens with one attached hydrogen (secondary N) is 4. The van der Waals surface area contributed by atoms with E-state index in [0.717, 1.165) is 0 Å². The molecule has 0 saturated heterocycles. The lowest BCUT2D eigenvalue weighted by Crippen LogP contribution is -2.05. The van der Waals surface area contributed by atoms with Gasteiger partial charge in [0.1, 0.15) is 71.9 Å². The molecule has 0 saturated carbocycles. The number of hydrogen-bond acceptors (Lipinski definition) is 12. The SMILES string of the molecule is c1nc2cc(n1)Nc1cc(ncn1)Nc1cc(ncn1)Nc1cc(ncn1)N2. The van der Waals surface area contributed by atoms with Crippen LogP contribution in [0.25, 0.3) is 0 Å². The molecule has 0 aliphatic carbocycles. The van der Waals surface area contributed by atoms with Gasteiger partial charge in [-0.1, -0.05) is 0 Å². The second-order valence-electron chi connectivity index (χ2n) is 5.65. The molecule has 0 spiro atoms. The Morgan fingerprint density at radius 1 is 0.321 bits per heavy atom. The average molecular weight is 372 g/mol. The van der Waals surface area contributed by atoms with Gasteiger partial charge in [0.2, 0.25) is 0 Å². The Hall–Kier alpha value is -4.48. The summed E-state index contributed by atoms with van der Waals surface area (Å²) in [5, 5.41) is 12.5. The average Bonchev–Trinajstić information content (AvgIpc) is 2.69. The molecule has 0 amide bonds. The number of rotatable bonds is 0. The van der Waals surface area contributed by atoms with Crippen LogP contribution in [0.5, 0.6) is 0 Å². The molecular formula is C16H12N12. The van der Waals surface area contributed by atoms with Gasteiger partial charge in [0.25, 0.3) is 0 Å². The van der Waals surface area contributed by atoms with Crippen molar-refractivity contribution >= 4 is 46.5 Å². The van der Waals surface area contributed by atoms with Crippen molar-refractivity contribution in [2.75, 3.05) is 21.3 Å². The first-order chi connectivity index (χ1) is 13.8. The third-order valence-electron chi connectivity index (χ3n) is 3.69. The van der Waals surface area contributed by atoms with E-state index < -0.39 is 0 Å². The van der Waals surface area contributed by atoms with Gasteiger partial charge >= 0.3 is 0 Å². The fourth-order valence-electron chi connectivity index (χ4n) is 2.50. The Morgan fingerprint density at radius 3 is 0.679 bits per heavy atom. The molecule has 12 nitrogen and oxygen atoms in total. The Balaban J connectivity index is 1.60. The van der Waals surface area contributed by atoms with Crippen LogP contribution in [0, 0.1) is 0 Å². The number of aromatic nitrogens is 8. The van der Waals surface area contributed by atoms with Crippen LogP contribution < -0.4 is 21.3 Å². The smallest absolute Gasteiger partial charge is 0.137 e. The lowest BCUT2D eigenvalue weighted by molar-refractivity contribution is 1.10. The van der Waals surface area contributed by atoms with Gasteiger partial charge in [0, 0.05) is 24.3 Å². The number of anilines is 8. The van der Waals surface area contributed by atoms with Gasteiger partial charge in [-0.2, -0.15) is 0 Å². The van der Waals surface area contributed by atoms with Crippen molar-refractivity contribution < 1.29 is 0 Å². The zero-order chi connectivity index (χ0) is 18.8. The van der Waals surface area contributed by atoms with Crippen LogP contribution in [0.15, 0.2) is 49.6 Å². The van der Waals surface area contributed by atoms with E-state index in [0.29, 0.717) is 46.5 Å². The first kappa shape index (κ1) is 15.7. The van der Waals surface area contributed by atoms with Crippen molar-refractivity contribution in [2.24, 2.45) is 0 Å². The lowest BCUT2D eigenvalue weighted by Gasteiger charge is -2.11. The highest BCUT2D eigenvalue weighted by molar-refractivity contribution is 5.66. The van der Waals surface area contributed by atoms with Crippen molar-refractivity contribution in [3.8, 4) is 0 Å². The van der Waals surface area contributed by atoms with E-state index in [1.165, 1.54) is 25.3 Å². The minimum Gasteiger partial charge on any atom is -0.325 e. The molecular weight excluding hydrogens is 360 g/mol. The summed E-state index contributed by atoms with van der Waals surface area (Å²) in [5.74, 6) is 4.49. The Morgan fingerprint density at radius 2 is 0.500 bits per heavy atom. The first-order valence-corrected chi connectivity index (χ1v) is 8.16. The molecule has 4 aromatic rings. The molecule has 5 rings (SSSR count). The summed E-state index contributed by atoms with van der Waals surface area (Å²) >= 11 is 0. The van der Waals surface area contributed by atoms with Gasteiger partial charge in [-0.05, 0) is 0 Å². The second-order valence-corrected chi connectivity index (χ2v) is 5.65. The summed E-state index contributed by atoms with van der Waals surface area (Å²) in [4.78, 5) is 33.7. The molecule has 0 radical (unpaired) electrons. The predicted octanol–water partition coefficient (Wildman–Crippen LogP) is 2.13. The van der Waals surface area contributed by atoms with Crippen molar-refractivity contribution in [1.82, 2.24) is 39.9 Å². The summed E-state index contributed by atoms with van der Waals surface area (Å²) in [7, 11) is 0. The molecule has 1 aliphatic rings. The zero-order valence-electron chi connectivity index (χ0n) is 14.2. The van der Waals surface area contributed by atoms with Crippen LogP contribution in [0.4, 0.5) is 46.5 Å². The summed E-state index contributed by atoms with van der Waals surface area (Å²) in [6.45, 7) is 0. The molecule has 5 heterocycles. The van der Waals surface area contributed by atoms with Crippen LogP contribution >= 0.6 is 0 Å². The molecule has 4 aromatic heterocycles. The molecule has 1 aliphatic heterocycles. The molecule has 0 atom stereocenters. The number of fused-ring (bicyclic) bond motifs is 8. The molecule has 0 unspecified atom stereocenters. The zero-order valence-corrected chi connectivity index (χ0v) is 14.2. The third kappa shape index (κ3) is 3.41. The molecule has 0 fully saturated rings. The predicted molar refractivity (Wildman–Crippen MR) is 101 cm³/mol. The third-order valence-corrected chi connectivity index (χ3v) is 3.69. The monoisotopic (exact) mass is 372 g/mol. The fourth-order valence-corrected chi connectivity index (χ4v) is 2.50. The van der Waals surface area contributed by atoms with Gasteiger partial charge in [0.05, 0.1) is 0 Å². The first-order valence-electron chi connectivity index (χ1n) is 8.16.